The van der Waals surface area contributed by atoms with E-state index in [1.165, 1.54) is 12.8 Å². The fraction of sp³-hybridized carbons (Fsp3) is 0.611. The SMILES string of the molecule is Cc1ccc(C(C)C)c(OCC(=O)NCC2CCCNC2)c1. The third-order valence-corrected chi connectivity index (χ3v) is 4.14. The smallest absolute Gasteiger partial charge is 0.257 e. The molecule has 0 aliphatic carbocycles. The first-order valence-corrected chi connectivity index (χ1v) is 8.27. The van der Waals surface area contributed by atoms with Crippen LogP contribution in [0.4, 0.5) is 0 Å². The molecule has 0 aromatic heterocycles. The molecule has 0 spiro atoms. The van der Waals surface area contributed by atoms with Gasteiger partial charge in [0.15, 0.2) is 6.61 Å². The first-order valence-electron chi connectivity index (χ1n) is 8.27. The van der Waals surface area contributed by atoms with E-state index >= 15 is 0 Å². The maximum atomic E-state index is 12.0. The molecule has 1 atom stereocenters. The summed E-state index contributed by atoms with van der Waals surface area (Å²) in [5.74, 6) is 1.71. The van der Waals surface area contributed by atoms with E-state index in [-0.39, 0.29) is 12.5 Å². The number of hydrogen-bond acceptors (Lipinski definition) is 3. The summed E-state index contributed by atoms with van der Waals surface area (Å²) < 4.78 is 5.75. The van der Waals surface area contributed by atoms with Gasteiger partial charge in [0, 0.05) is 6.54 Å². The lowest BCUT2D eigenvalue weighted by atomic mass is 10.00. The van der Waals surface area contributed by atoms with Crippen LogP contribution in [-0.4, -0.2) is 32.1 Å². The zero-order chi connectivity index (χ0) is 15.9. The number of carbonyl (C=O) groups is 1. The summed E-state index contributed by atoms with van der Waals surface area (Å²) in [6.45, 7) is 9.22. The summed E-state index contributed by atoms with van der Waals surface area (Å²) >= 11 is 0. The monoisotopic (exact) mass is 304 g/mol. The van der Waals surface area contributed by atoms with Gasteiger partial charge in [-0.15, -0.1) is 0 Å². The quantitative estimate of drug-likeness (QED) is 0.849. The van der Waals surface area contributed by atoms with Gasteiger partial charge < -0.3 is 15.4 Å². The van der Waals surface area contributed by atoms with Crippen molar-refractivity contribution >= 4 is 5.91 Å². The van der Waals surface area contributed by atoms with Crippen LogP contribution in [0.25, 0.3) is 0 Å². The van der Waals surface area contributed by atoms with Crippen molar-refractivity contribution < 1.29 is 9.53 Å². The van der Waals surface area contributed by atoms with Crippen molar-refractivity contribution in [2.45, 2.75) is 39.5 Å². The number of ether oxygens (including phenoxy) is 1. The Morgan fingerprint density at radius 1 is 1.45 bits per heavy atom. The lowest BCUT2D eigenvalue weighted by molar-refractivity contribution is -0.123. The summed E-state index contributed by atoms with van der Waals surface area (Å²) in [4.78, 5) is 12.0. The average Bonchev–Trinajstić information content (AvgIpc) is 2.51. The standard InChI is InChI=1S/C18H28N2O2/c1-13(2)16-7-6-14(3)9-17(16)22-12-18(21)20-11-15-5-4-8-19-10-15/h6-7,9,13,15,19H,4-5,8,10-12H2,1-3H3,(H,20,21). The van der Waals surface area contributed by atoms with E-state index in [9.17, 15) is 4.79 Å². The van der Waals surface area contributed by atoms with Crippen LogP contribution in [0, 0.1) is 12.8 Å². The van der Waals surface area contributed by atoms with Crippen molar-refractivity contribution in [1.82, 2.24) is 10.6 Å². The Labute approximate surface area is 133 Å². The van der Waals surface area contributed by atoms with Gasteiger partial charge >= 0.3 is 0 Å². The number of carbonyl (C=O) groups excluding carboxylic acids is 1. The van der Waals surface area contributed by atoms with Gasteiger partial charge in [-0.25, -0.2) is 0 Å². The van der Waals surface area contributed by atoms with Crippen molar-refractivity contribution in [2.24, 2.45) is 5.92 Å². The molecule has 22 heavy (non-hydrogen) atoms. The fourth-order valence-corrected chi connectivity index (χ4v) is 2.79. The Balaban J connectivity index is 1.81. The second kappa shape index (κ2) is 8.18. The molecule has 2 N–H and O–H groups in total. The first kappa shape index (κ1) is 16.8. The summed E-state index contributed by atoms with van der Waals surface area (Å²) in [6, 6.07) is 6.17. The molecule has 2 rings (SSSR count). The molecule has 1 saturated heterocycles. The van der Waals surface area contributed by atoms with Crippen LogP contribution in [0.3, 0.4) is 0 Å². The Morgan fingerprint density at radius 3 is 2.95 bits per heavy atom. The molecule has 0 bridgehead atoms. The predicted molar refractivity (Wildman–Crippen MR) is 89.4 cm³/mol. The number of piperidine rings is 1. The van der Waals surface area contributed by atoms with Crippen LogP contribution in [0.1, 0.15) is 43.7 Å². The number of amides is 1. The van der Waals surface area contributed by atoms with Crippen molar-refractivity contribution in [3.8, 4) is 5.75 Å². The molecule has 4 nitrogen and oxygen atoms in total. The van der Waals surface area contributed by atoms with Gasteiger partial charge in [-0.05, 0) is 61.9 Å². The summed E-state index contributed by atoms with van der Waals surface area (Å²) in [6.07, 6.45) is 2.38. The van der Waals surface area contributed by atoms with Gasteiger partial charge in [-0.1, -0.05) is 26.0 Å². The van der Waals surface area contributed by atoms with Crippen LogP contribution in [0.2, 0.25) is 0 Å². The maximum absolute atomic E-state index is 12.0. The molecule has 1 amide bonds. The normalized spacial score (nSPS) is 18.3. The highest BCUT2D eigenvalue weighted by Crippen LogP contribution is 2.27. The molecule has 0 saturated carbocycles. The maximum Gasteiger partial charge on any atom is 0.257 e. The van der Waals surface area contributed by atoms with Crippen LogP contribution in [0.15, 0.2) is 18.2 Å². The predicted octanol–water partition coefficient (Wildman–Crippen LogP) is 2.61. The highest BCUT2D eigenvalue weighted by molar-refractivity contribution is 5.77. The van der Waals surface area contributed by atoms with Crippen LogP contribution in [0.5, 0.6) is 5.75 Å². The summed E-state index contributed by atoms with van der Waals surface area (Å²) in [5.41, 5.74) is 2.29. The van der Waals surface area contributed by atoms with E-state index in [1.807, 2.05) is 13.0 Å². The van der Waals surface area contributed by atoms with Crippen molar-refractivity contribution in [2.75, 3.05) is 26.2 Å². The summed E-state index contributed by atoms with van der Waals surface area (Å²) in [7, 11) is 0. The van der Waals surface area contributed by atoms with E-state index in [2.05, 4.69) is 36.6 Å². The van der Waals surface area contributed by atoms with Crippen molar-refractivity contribution in [1.29, 1.82) is 0 Å². The molecule has 1 aliphatic rings. The third-order valence-electron chi connectivity index (χ3n) is 4.14. The number of hydrogen-bond donors (Lipinski definition) is 2. The largest absolute Gasteiger partial charge is 0.483 e. The molecule has 1 fully saturated rings. The van der Waals surface area contributed by atoms with Gasteiger partial charge in [-0.2, -0.15) is 0 Å². The molecule has 1 unspecified atom stereocenters. The average molecular weight is 304 g/mol. The zero-order valence-electron chi connectivity index (χ0n) is 13.9. The Morgan fingerprint density at radius 2 is 2.27 bits per heavy atom. The minimum atomic E-state index is -0.0400. The second-order valence-corrected chi connectivity index (χ2v) is 6.50. The Hall–Kier alpha value is -1.55. The molecule has 1 heterocycles. The van der Waals surface area contributed by atoms with E-state index < -0.39 is 0 Å². The van der Waals surface area contributed by atoms with Crippen molar-refractivity contribution in [3.05, 3.63) is 29.3 Å². The van der Waals surface area contributed by atoms with Gasteiger partial charge in [0.2, 0.25) is 0 Å². The second-order valence-electron chi connectivity index (χ2n) is 6.50. The minimum Gasteiger partial charge on any atom is -0.483 e. The fourth-order valence-electron chi connectivity index (χ4n) is 2.79. The van der Waals surface area contributed by atoms with Gasteiger partial charge in [0.25, 0.3) is 5.91 Å². The van der Waals surface area contributed by atoms with Gasteiger partial charge in [-0.3, -0.25) is 4.79 Å². The summed E-state index contributed by atoms with van der Waals surface area (Å²) in [5, 5.41) is 6.34. The third kappa shape index (κ3) is 5.02. The number of nitrogens with one attached hydrogen (secondary N) is 2. The van der Waals surface area contributed by atoms with Crippen LogP contribution < -0.4 is 15.4 Å². The van der Waals surface area contributed by atoms with E-state index in [4.69, 9.17) is 4.74 Å². The van der Waals surface area contributed by atoms with Crippen LogP contribution in [-0.2, 0) is 4.79 Å². The molecule has 4 heteroatoms. The Kier molecular flexibility index (Phi) is 6.25. The number of benzene rings is 1. The molecule has 0 radical (unpaired) electrons. The highest BCUT2D eigenvalue weighted by Gasteiger charge is 2.14. The number of aryl methyl sites for hydroxylation is 1. The molecule has 1 aliphatic heterocycles. The van der Waals surface area contributed by atoms with E-state index in [0.717, 1.165) is 36.5 Å². The molecule has 122 valence electrons. The molecular weight excluding hydrogens is 276 g/mol. The van der Waals surface area contributed by atoms with Gasteiger partial charge in [0.05, 0.1) is 0 Å². The Bertz CT molecular complexity index is 494. The highest BCUT2D eigenvalue weighted by atomic mass is 16.5. The molecule has 1 aromatic carbocycles. The number of rotatable bonds is 6. The van der Waals surface area contributed by atoms with Crippen molar-refractivity contribution in [3.63, 3.8) is 0 Å². The molecule has 1 aromatic rings. The first-order chi connectivity index (χ1) is 10.6. The lowest BCUT2D eigenvalue weighted by Crippen LogP contribution is -2.39. The van der Waals surface area contributed by atoms with Gasteiger partial charge in [0.1, 0.15) is 5.75 Å². The van der Waals surface area contributed by atoms with E-state index in [1.54, 1.807) is 0 Å². The zero-order valence-corrected chi connectivity index (χ0v) is 13.9. The van der Waals surface area contributed by atoms with Crippen LogP contribution >= 0.6 is 0 Å². The molecular formula is C18H28N2O2. The topological polar surface area (TPSA) is 50.4 Å². The minimum absolute atomic E-state index is 0.0400. The lowest BCUT2D eigenvalue weighted by Gasteiger charge is -2.23. The van der Waals surface area contributed by atoms with E-state index in [0.29, 0.717) is 11.8 Å².